The van der Waals surface area contributed by atoms with Gasteiger partial charge < -0.3 is 9.80 Å². The van der Waals surface area contributed by atoms with Crippen molar-refractivity contribution in [2.45, 2.75) is 26.7 Å². The quantitative estimate of drug-likeness (QED) is 0.128. The first kappa shape index (κ1) is 36.9. The largest absolute Gasteiger partial charge is 0.310 e. The summed E-state index contributed by atoms with van der Waals surface area (Å²) in [6.45, 7) is 4.43. The second kappa shape index (κ2) is 16.1. The number of aryl methyl sites for hydroxylation is 2. The van der Waals surface area contributed by atoms with Gasteiger partial charge in [-0.2, -0.15) is 0 Å². The molecule has 0 aliphatic carbocycles. The Balaban J connectivity index is 0.955. The molecular weight excluding hydrogens is 725 g/mol. The summed E-state index contributed by atoms with van der Waals surface area (Å²) in [6.07, 6.45) is 6.46. The van der Waals surface area contributed by atoms with E-state index in [1.165, 1.54) is 54.2 Å². The highest BCUT2D eigenvalue weighted by atomic mass is 15.1. The van der Waals surface area contributed by atoms with E-state index < -0.39 is 0 Å². The van der Waals surface area contributed by atoms with E-state index in [1.807, 2.05) is 0 Å². The molecule has 0 saturated heterocycles. The normalized spacial score (nSPS) is 11.6. The number of benzene rings is 10. The molecule has 0 aliphatic heterocycles. The summed E-state index contributed by atoms with van der Waals surface area (Å²) < 4.78 is 0. The highest BCUT2D eigenvalue weighted by Gasteiger charge is 2.16. The topological polar surface area (TPSA) is 6.48 Å². The Bertz CT molecular complexity index is 3180. The molecule has 0 heterocycles. The fourth-order valence-electron chi connectivity index (χ4n) is 8.47. The lowest BCUT2D eigenvalue weighted by molar-refractivity contribution is 1.15. The lowest BCUT2D eigenvalue weighted by Crippen LogP contribution is -2.10. The minimum atomic E-state index is 1.02. The maximum Gasteiger partial charge on any atom is 0.0468 e. The smallest absolute Gasteiger partial charge is 0.0468 e. The van der Waals surface area contributed by atoms with Crippen LogP contribution >= 0.6 is 0 Å². The predicted octanol–water partition coefficient (Wildman–Crippen LogP) is 16.5. The van der Waals surface area contributed by atoms with Crippen LogP contribution < -0.4 is 9.80 Å². The van der Waals surface area contributed by atoms with Crippen LogP contribution in [0.3, 0.4) is 0 Å². The highest BCUT2D eigenvalue weighted by Crippen LogP contribution is 2.40. The number of anilines is 6. The van der Waals surface area contributed by atoms with E-state index >= 15 is 0 Å². The van der Waals surface area contributed by atoms with Crippen LogP contribution in [-0.4, -0.2) is 0 Å². The number of fused-ring (bicyclic) bond motifs is 4. The molecule has 0 amide bonds. The first-order valence-electron chi connectivity index (χ1n) is 21.1. The van der Waals surface area contributed by atoms with E-state index in [-0.39, 0.29) is 0 Å². The third-order valence-corrected chi connectivity index (χ3v) is 11.9. The number of rotatable bonds is 10. The lowest BCUT2D eigenvalue weighted by atomic mass is 10.0. The van der Waals surface area contributed by atoms with Gasteiger partial charge in [0.25, 0.3) is 0 Å². The van der Waals surface area contributed by atoms with E-state index in [1.54, 1.807) is 0 Å². The van der Waals surface area contributed by atoms with Crippen molar-refractivity contribution in [3.05, 3.63) is 229 Å². The van der Waals surface area contributed by atoms with Gasteiger partial charge in [0.05, 0.1) is 0 Å². The average molecular weight is 771 g/mol. The van der Waals surface area contributed by atoms with Gasteiger partial charge in [-0.25, -0.2) is 0 Å². The predicted molar refractivity (Wildman–Crippen MR) is 260 cm³/mol. The maximum atomic E-state index is 2.37. The van der Waals surface area contributed by atoms with Gasteiger partial charge in [0.1, 0.15) is 0 Å². The zero-order valence-corrected chi connectivity index (χ0v) is 34.1. The fraction of sp³-hybridized carbons (Fsp3) is 0.0690. The molecule has 2 heteroatoms. The standard InChI is InChI=1S/C58H46N2/c1-3-41-16-22-51-39-57(34-26-50(51)35-41)59(55-31-23-45-9-5-7-11-48(45)37-55)53-27-17-43(18-28-53)13-14-44-19-29-54(30-20-44)60(56-32-24-46-10-6-8-12-49(46)38-56)58-33-25-47-21-15-42(4-2)36-52(47)40-58/h5-40H,3-4H2,1-2H3. The van der Waals surface area contributed by atoms with Gasteiger partial charge in [-0.1, -0.05) is 159 Å². The Hall–Kier alpha value is -7.42. The van der Waals surface area contributed by atoms with Gasteiger partial charge in [-0.15, -0.1) is 0 Å². The van der Waals surface area contributed by atoms with Gasteiger partial charge in [0, 0.05) is 34.1 Å². The molecule has 10 aromatic rings. The van der Waals surface area contributed by atoms with Crippen LogP contribution in [0.1, 0.15) is 36.1 Å². The lowest BCUT2D eigenvalue weighted by Gasteiger charge is -2.26. The SMILES string of the molecule is CCc1ccc2cc(N(c3ccc(C=Cc4ccc(N(c5ccc6ccccc6c5)c5ccc6ccc(CC)cc6c5)cc4)cc3)c3ccc4ccccc4c3)ccc2c1. The summed E-state index contributed by atoms with van der Waals surface area (Å²) in [6, 6.07) is 75.7. The Morgan fingerprint density at radius 1 is 0.283 bits per heavy atom. The molecule has 288 valence electrons. The summed E-state index contributed by atoms with van der Waals surface area (Å²) in [5.74, 6) is 0. The molecule has 0 spiro atoms. The van der Waals surface area contributed by atoms with Gasteiger partial charge >= 0.3 is 0 Å². The molecule has 0 fully saturated rings. The number of hydrogen-bond acceptors (Lipinski definition) is 2. The average Bonchev–Trinajstić information content (AvgIpc) is 3.31. The Morgan fingerprint density at radius 2 is 0.583 bits per heavy atom. The Labute approximate surface area is 352 Å². The van der Waals surface area contributed by atoms with E-state index in [9.17, 15) is 0 Å². The fourth-order valence-corrected chi connectivity index (χ4v) is 8.47. The van der Waals surface area contributed by atoms with E-state index in [4.69, 9.17) is 0 Å². The van der Waals surface area contributed by atoms with Crippen molar-refractivity contribution in [3.63, 3.8) is 0 Å². The van der Waals surface area contributed by atoms with Crippen molar-refractivity contribution < 1.29 is 0 Å². The Morgan fingerprint density at radius 3 is 1.03 bits per heavy atom. The number of nitrogens with zero attached hydrogens (tertiary/aromatic N) is 2. The molecule has 0 saturated carbocycles. The van der Waals surface area contributed by atoms with Gasteiger partial charge in [-0.3, -0.25) is 0 Å². The van der Waals surface area contributed by atoms with Crippen LogP contribution in [0.5, 0.6) is 0 Å². The summed E-state index contributed by atoms with van der Waals surface area (Å²) in [7, 11) is 0. The second-order valence-corrected chi connectivity index (χ2v) is 15.7. The monoisotopic (exact) mass is 770 g/mol. The van der Waals surface area contributed by atoms with Crippen LogP contribution in [0.15, 0.2) is 206 Å². The van der Waals surface area contributed by atoms with Gasteiger partial charge in [-0.05, 0) is 151 Å². The molecule has 0 atom stereocenters. The van der Waals surface area contributed by atoms with Crippen molar-refractivity contribution in [2.75, 3.05) is 9.80 Å². The third kappa shape index (κ3) is 7.40. The van der Waals surface area contributed by atoms with Crippen molar-refractivity contribution in [2.24, 2.45) is 0 Å². The summed E-state index contributed by atoms with van der Waals surface area (Å²) in [5.41, 5.74) is 11.8. The summed E-state index contributed by atoms with van der Waals surface area (Å²) in [5, 5.41) is 9.94. The summed E-state index contributed by atoms with van der Waals surface area (Å²) >= 11 is 0. The van der Waals surface area contributed by atoms with Crippen LogP contribution in [-0.2, 0) is 12.8 Å². The highest BCUT2D eigenvalue weighted by molar-refractivity contribution is 5.95. The molecule has 0 bridgehead atoms. The zero-order chi connectivity index (χ0) is 40.4. The molecule has 0 N–H and O–H groups in total. The number of hydrogen-bond donors (Lipinski definition) is 0. The zero-order valence-electron chi connectivity index (χ0n) is 34.1. The molecule has 0 aromatic heterocycles. The molecule has 10 rings (SSSR count). The first-order valence-corrected chi connectivity index (χ1v) is 21.1. The molecule has 0 unspecified atom stereocenters. The van der Waals surface area contributed by atoms with Crippen LogP contribution in [0.4, 0.5) is 34.1 Å². The van der Waals surface area contributed by atoms with Gasteiger partial charge in [0.15, 0.2) is 0 Å². The minimum absolute atomic E-state index is 1.02. The first-order chi connectivity index (χ1) is 29.6. The molecular formula is C58H46N2. The molecule has 2 nitrogen and oxygen atoms in total. The second-order valence-electron chi connectivity index (χ2n) is 15.7. The van der Waals surface area contributed by atoms with Gasteiger partial charge in [0.2, 0.25) is 0 Å². The molecule has 10 aromatic carbocycles. The van der Waals surface area contributed by atoms with Crippen molar-refractivity contribution >= 4 is 89.4 Å². The van der Waals surface area contributed by atoms with E-state index in [0.29, 0.717) is 0 Å². The third-order valence-electron chi connectivity index (χ3n) is 11.9. The van der Waals surface area contributed by atoms with Crippen molar-refractivity contribution in [1.82, 2.24) is 0 Å². The maximum absolute atomic E-state index is 2.37. The van der Waals surface area contributed by atoms with E-state index in [0.717, 1.165) is 58.1 Å². The molecule has 0 aliphatic rings. The van der Waals surface area contributed by atoms with Crippen molar-refractivity contribution in [3.8, 4) is 0 Å². The van der Waals surface area contributed by atoms with Crippen LogP contribution in [0.25, 0.3) is 55.2 Å². The van der Waals surface area contributed by atoms with E-state index in [2.05, 4.69) is 242 Å². The van der Waals surface area contributed by atoms with Crippen molar-refractivity contribution in [1.29, 1.82) is 0 Å². The van der Waals surface area contributed by atoms with Crippen LogP contribution in [0, 0.1) is 0 Å². The minimum Gasteiger partial charge on any atom is -0.310 e. The molecule has 60 heavy (non-hydrogen) atoms. The summed E-state index contributed by atoms with van der Waals surface area (Å²) in [4.78, 5) is 4.74. The molecule has 0 radical (unpaired) electrons. The Kier molecular flexibility index (Phi) is 9.89. The van der Waals surface area contributed by atoms with Crippen LogP contribution in [0.2, 0.25) is 0 Å².